The van der Waals surface area contributed by atoms with Gasteiger partial charge in [0, 0.05) is 11.8 Å². The maximum Gasteiger partial charge on any atom is 0.182 e. The molecule has 1 N–H and O–H groups in total. The lowest BCUT2D eigenvalue weighted by Crippen LogP contribution is -2.19. The first-order chi connectivity index (χ1) is 24.2. The van der Waals surface area contributed by atoms with Crippen molar-refractivity contribution in [2.45, 2.75) is 13.0 Å². The van der Waals surface area contributed by atoms with E-state index in [1.54, 1.807) is 6.20 Å². The number of aryl methyl sites for hydroxylation is 1. The molecule has 6 aromatic carbocycles. The topological polar surface area (TPSA) is 63.6 Å². The molecule has 5 nitrogen and oxygen atoms in total. The van der Waals surface area contributed by atoms with Crippen molar-refractivity contribution in [3.8, 4) is 45.2 Å². The molecule has 0 radical (unpaired) electrons. The first-order valence-electron chi connectivity index (χ1n) is 16.5. The molecule has 0 saturated carbocycles. The Morgan fingerprint density at radius 3 is 1.92 bits per heavy atom. The van der Waals surface area contributed by atoms with Crippen molar-refractivity contribution in [3.63, 3.8) is 0 Å². The Morgan fingerprint density at radius 2 is 1.22 bits per heavy atom. The molecule has 49 heavy (non-hydrogen) atoms. The van der Waals surface area contributed by atoms with Gasteiger partial charge in [0.05, 0.1) is 0 Å². The van der Waals surface area contributed by atoms with Gasteiger partial charge in [0.1, 0.15) is 11.7 Å². The van der Waals surface area contributed by atoms with E-state index in [1.807, 2.05) is 42.6 Å². The number of dihydropyridines is 1. The minimum atomic E-state index is -0.159. The number of hydrogen-bond donors (Lipinski definition) is 1. The van der Waals surface area contributed by atoms with E-state index in [2.05, 4.69) is 126 Å². The maximum atomic E-state index is 4.97. The molecule has 1 aliphatic rings. The number of allylic oxidation sites excluding steroid dienone is 2. The van der Waals surface area contributed by atoms with E-state index in [-0.39, 0.29) is 6.04 Å². The summed E-state index contributed by atoms with van der Waals surface area (Å²) in [7, 11) is 0. The molecule has 0 amide bonds. The number of nitrogens with zero attached hydrogens (tertiary/aromatic N) is 4. The van der Waals surface area contributed by atoms with Gasteiger partial charge in [-0.05, 0) is 104 Å². The average Bonchev–Trinajstić information content (AvgIpc) is 3.17. The second-order valence-electron chi connectivity index (χ2n) is 12.4. The van der Waals surface area contributed by atoms with Crippen LogP contribution in [0.3, 0.4) is 0 Å². The minimum Gasteiger partial charge on any atom is -0.378 e. The first kappa shape index (κ1) is 28.7. The summed E-state index contributed by atoms with van der Waals surface area (Å²) in [6.07, 6.45) is 9.69. The summed E-state index contributed by atoms with van der Waals surface area (Å²) >= 11 is 0. The predicted molar refractivity (Wildman–Crippen MR) is 201 cm³/mol. The molecule has 3 heterocycles. The summed E-state index contributed by atoms with van der Waals surface area (Å²) in [6, 6.07) is 45.1. The Balaban J connectivity index is 1.22. The quantitative estimate of drug-likeness (QED) is 0.192. The highest BCUT2D eigenvalue weighted by atomic mass is 15.1. The second-order valence-corrected chi connectivity index (χ2v) is 12.4. The van der Waals surface area contributed by atoms with Gasteiger partial charge >= 0.3 is 0 Å². The lowest BCUT2D eigenvalue weighted by atomic mass is 9.84. The number of hydrogen-bond acceptors (Lipinski definition) is 5. The normalized spacial score (nSPS) is 14.0. The summed E-state index contributed by atoms with van der Waals surface area (Å²) in [5, 5.41) is 10.8. The molecule has 5 heteroatoms. The van der Waals surface area contributed by atoms with E-state index in [9.17, 15) is 0 Å². The Kier molecular flexibility index (Phi) is 7.02. The molecule has 2 aromatic heterocycles. The summed E-state index contributed by atoms with van der Waals surface area (Å²) in [5.74, 6) is 1.81. The monoisotopic (exact) mass is 629 g/mol. The SMILES string of the molecule is Cc1cc(-c2nc(-c3ccccn3)nc(C3C=CC=CN3)n2)ccc1-c1c2ccccc2c(-c2ccc3ccccc3c2)c2ccccc12. The van der Waals surface area contributed by atoms with E-state index in [0.717, 1.165) is 11.1 Å². The number of pyridine rings is 1. The van der Waals surface area contributed by atoms with Crippen LogP contribution in [-0.2, 0) is 0 Å². The van der Waals surface area contributed by atoms with Crippen molar-refractivity contribution < 1.29 is 0 Å². The molecule has 0 bridgehead atoms. The van der Waals surface area contributed by atoms with Gasteiger partial charge in [0.15, 0.2) is 17.5 Å². The predicted octanol–water partition coefficient (Wildman–Crippen LogP) is 10.4. The number of benzene rings is 6. The number of rotatable bonds is 5. The Morgan fingerprint density at radius 1 is 0.551 bits per heavy atom. The van der Waals surface area contributed by atoms with E-state index in [1.165, 1.54) is 54.6 Å². The highest BCUT2D eigenvalue weighted by Gasteiger charge is 2.20. The van der Waals surface area contributed by atoms with E-state index in [4.69, 9.17) is 15.0 Å². The zero-order valence-electron chi connectivity index (χ0n) is 26.9. The van der Waals surface area contributed by atoms with Crippen LogP contribution < -0.4 is 5.32 Å². The third-order valence-electron chi connectivity index (χ3n) is 9.34. The zero-order chi connectivity index (χ0) is 32.7. The summed E-state index contributed by atoms with van der Waals surface area (Å²) in [5.41, 5.74) is 7.67. The van der Waals surface area contributed by atoms with Crippen LogP contribution in [0, 0.1) is 6.92 Å². The van der Waals surface area contributed by atoms with Crippen LogP contribution in [0.25, 0.3) is 77.5 Å². The largest absolute Gasteiger partial charge is 0.378 e. The molecular weight excluding hydrogens is 599 g/mol. The summed E-state index contributed by atoms with van der Waals surface area (Å²) < 4.78 is 0. The average molecular weight is 630 g/mol. The van der Waals surface area contributed by atoms with E-state index < -0.39 is 0 Å². The van der Waals surface area contributed by atoms with Gasteiger partial charge in [-0.25, -0.2) is 15.0 Å². The van der Waals surface area contributed by atoms with Gasteiger partial charge in [-0.1, -0.05) is 115 Å². The van der Waals surface area contributed by atoms with Crippen LogP contribution >= 0.6 is 0 Å². The van der Waals surface area contributed by atoms with Crippen molar-refractivity contribution in [1.29, 1.82) is 0 Å². The lowest BCUT2D eigenvalue weighted by molar-refractivity contribution is 0.687. The molecule has 1 unspecified atom stereocenters. The van der Waals surface area contributed by atoms with Crippen LogP contribution in [-0.4, -0.2) is 19.9 Å². The fourth-order valence-corrected chi connectivity index (χ4v) is 7.03. The molecular formula is C44H31N5. The van der Waals surface area contributed by atoms with Gasteiger partial charge in [-0.15, -0.1) is 0 Å². The Hall–Kier alpha value is -6.46. The van der Waals surface area contributed by atoms with Crippen LogP contribution in [0.5, 0.6) is 0 Å². The van der Waals surface area contributed by atoms with Gasteiger partial charge in [-0.3, -0.25) is 4.98 Å². The fourth-order valence-electron chi connectivity index (χ4n) is 7.03. The van der Waals surface area contributed by atoms with Crippen LogP contribution in [0.1, 0.15) is 17.4 Å². The number of fused-ring (bicyclic) bond motifs is 3. The molecule has 9 rings (SSSR count). The molecule has 1 atom stereocenters. The first-order valence-corrected chi connectivity index (χ1v) is 16.5. The third kappa shape index (κ3) is 5.13. The van der Waals surface area contributed by atoms with E-state index in [0.29, 0.717) is 23.2 Å². The highest BCUT2D eigenvalue weighted by molar-refractivity contribution is 6.22. The van der Waals surface area contributed by atoms with Crippen molar-refractivity contribution in [1.82, 2.24) is 25.3 Å². The van der Waals surface area contributed by atoms with E-state index >= 15 is 0 Å². The Bertz CT molecular complexity index is 2550. The standard InChI is InChI=1S/C44H31N5/c1-28-26-32(42-47-43(38-18-8-10-24-45-38)49-44(48-42)39-19-9-11-25-46-39)22-23-33(28)41-36-16-6-4-14-34(36)40(35-15-5-7-17-37(35)41)31-21-20-29-12-2-3-13-30(29)27-31/h2-27,38,45H,1H3. The minimum absolute atomic E-state index is 0.159. The molecule has 0 saturated heterocycles. The molecule has 1 aliphatic heterocycles. The molecule has 0 spiro atoms. The van der Waals surface area contributed by atoms with Crippen molar-refractivity contribution in [2.75, 3.05) is 0 Å². The van der Waals surface area contributed by atoms with Gasteiger partial charge in [-0.2, -0.15) is 0 Å². The third-order valence-corrected chi connectivity index (χ3v) is 9.34. The van der Waals surface area contributed by atoms with Crippen LogP contribution in [0.15, 0.2) is 158 Å². The van der Waals surface area contributed by atoms with Gasteiger partial charge < -0.3 is 5.32 Å². The molecule has 0 aliphatic carbocycles. The maximum absolute atomic E-state index is 4.97. The summed E-state index contributed by atoms with van der Waals surface area (Å²) in [4.78, 5) is 19.3. The lowest BCUT2D eigenvalue weighted by Gasteiger charge is -2.19. The fraction of sp³-hybridized carbons (Fsp3) is 0.0455. The summed E-state index contributed by atoms with van der Waals surface area (Å²) in [6.45, 7) is 2.18. The molecule has 8 aromatic rings. The second kappa shape index (κ2) is 12.0. The Labute approximate surface area is 284 Å². The smallest absolute Gasteiger partial charge is 0.182 e. The number of nitrogens with one attached hydrogen (secondary N) is 1. The van der Waals surface area contributed by atoms with Crippen molar-refractivity contribution in [3.05, 3.63) is 169 Å². The highest BCUT2D eigenvalue weighted by Crippen LogP contribution is 2.45. The van der Waals surface area contributed by atoms with Crippen LogP contribution in [0.4, 0.5) is 0 Å². The molecule has 0 fully saturated rings. The van der Waals surface area contributed by atoms with Crippen LogP contribution in [0.2, 0.25) is 0 Å². The van der Waals surface area contributed by atoms with Crippen molar-refractivity contribution in [2.24, 2.45) is 0 Å². The van der Waals surface area contributed by atoms with Gasteiger partial charge in [0.25, 0.3) is 0 Å². The van der Waals surface area contributed by atoms with Crippen molar-refractivity contribution >= 4 is 32.3 Å². The number of aromatic nitrogens is 4. The van der Waals surface area contributed by atoms with Gasteiger partial charge in [0.2, 0.25) is 0 Å². The zero-order valence-corrected chi connectivity index (χ0v) is 26.9. The molecule has 232 valence electrons.